The fraction of sp³-hybridized carbons (Fsp3) is 0.357. The van der Waals surface area contributed by atoms with Gasteiger partial charge in [-0.15, -0.1) is 6.58 Å². The summed E-state index contributed by atoms with van der Waals surface area (Å²) in [5.41, 5.74) is 6.03. The molecule has 1 rings (SSSR count). The fourth-order valence-corrected chi connectivity index (χ4v) is 1.52. The summed E-state index contributed by atoms with van der Waals surface area (Å²) in [6.07, 6.45) is 0.863. The van der Waals surface area contributed by atoms with Crippen molar-refractivity contribution in [2.24, 2.45) is 5.73 Å². The van der Waals surface area contributed by atoms with E-state index in [9.17, 15) is 9.18 Å². The van der Waals surface area contributed by atoms with Gasteiger partial charge in [-0.1, -0.05) is 12.1 Å². The zero-order valence-electron chi connectivity index (χ0n) is 11.2. The molecular formula is C14H19FN2O2. The van der Waals surface area contributed by atoms with E-state index < -0.39 is 11.9 Å². The summed E-state index contributed by atoms with van der Waals surface area (Å²) in [6, 6.07) is 4.00. The molecule has 2 unspecified atom stereocenters. The lowest BCUT2D eigenvalue weighted by Gasteiger charge is -2.15. The lowest BCUT2D eigenvalue weighted by Crippen LogP contribution is -2.36. The number of hydrogen-bond donors (Lipinski definition) is 2. The number of nitrogens with one attached hydrogen (secondary N) is 1. The van der Waals surface area contributed by atoms with E-state index in [0.29, 0.717) is 17.9 Å². The number of carbonyl (C=O) groups is 1. The number of amides is 1. The molecular weight excluding hydrogens is 247 g/mol. The lowest BCUT2D eigenvalue weighted by atomic mass is 10.1. The fourth-order valence-electron chi connectivity index (χ4n) is 1.52. The molecule has 0 saturated heterocycles. The first kappa shape index (κ1) is 15.2. The minimum Gasteiger partial charge on any atom is -0.481 e. The molecule has 4 nitrogen and oxygen atoms in total. The van der Waals surface area contributed by atoms with Gasteiger partial charge in [0.2, 0.25) is 0 Å². The number of nitrogens with two attached hydrogens (primary N) is 1. The lowest BCUT2D eigenvalue weighted by molar-refractivity contribution is -0.127. The van der Waals surface area contributed by atoms with E-state index in [1.165, 1.54) is 6.07 Å². The van der Waals surface area contributed by atoms with Gasteiger partial charge in [0.15, 0.2) is 6.10 Å². The standard InChI is InChI=1S/C14H19FN2O2/c1-4-7-17-14(18)10(3)19-11-5-6-12(9(2)16)13(15)8-11/h4-6,8-10H,1,7,16H2,2-3H3,(H,17,18). The van der Waals surface area contributed by atoms with E-state index in [4.69, 9.17) is 10.5 Å². The van der Waals surface area contributed by atoms with Crippen LogP contribution in [-0.2, 0) is 4.79 Å². The molecule has 0 radical (unpaired) electrons. The van der Waals surface area contributed by atoms with E-state index in [2.05, 4.69) is 11.9 Å². The van der Waals surface area contributed by atoms with Gasteiger partial charge in [-0.3, -0.25) is 4.79 Å². The molecule has 0 aliphatic heterocycles. The summed E-state index contributed by atoms with van der Waals surface area (Å²) in [5.74, 6) is -0.425. The van der Waals surface area contributed by atoms with Crippen molar-refractivity contribution in [1.82, 2.24) is 5.32 Å². The summed E-state index contributed by atoms with van der Waals surface area (Å²) in [7, 11) is 0. The molecule has 1 aromatic rings. The number of benzene rings is 1. The van der Waals surface area contributed by atoms with Crippen molar-refractivity contribution in [2.75, 3.05) is 6.54 Å². The number of ether oxygens (including phenoxy) is 1. The highest BCUT2D eigenvalue weighted by atomic mass is 19.1. The van der Waals surface area contributed by atoms with E-state index in [1.54, 1.807) is 32.1 Å². The second kappa shape index (κ2) is 6.89. The first-order chi connectivity index (χ1) is 8.95. The Morgan fingerprint density at radius 3 is 2.79 bits per heavy atom. The molecule has 0 fully saturated rings. The van der Waals surface area contributed by atoms with Crippen LogP contribution in [0.2, 0.25) is 0 Å². The highest BCUT2D eigenvalue weighted by Gasteiger charge is 2.15. The Labute approximate surface area is 112 Å². The van der Waals surface area contributed by atoms with Crippen molar-refractivity contribution in [1.29, 1.82) is 0 Å². The summed E-state index contributed by atoms with van der Waals surface area (Å²) in [6.45, 7) is 7.15. The van der Waals surface area contributed by atoms with Gasteiger partial charge in [0.25, 0.3) is 5.91 Å². The van der Waals surface area contributed by atoms with Crippen molar-refractivity contribution >= 4 is 5.91 Å². The van der Waals surface area contributed by atoms with Gasteiger partial charge >= 0.3 is 0 Å². The first-order valence-corrected chi connectivity index (χ1v) is 6.06. The maximum atomic E-state index is 13.7. The Hall–Kier alpha value is -1.88. The van der Waals surface area contributed by atoms with E-state index >= 15 is 0 Å². The van der Waals surface area contributed by atoms with Crippen LogP contribution >= 0.6 is 0 Å². The van der Waals surface area contributed by atoms with Gasteiger partial charge in [0, 0.05) is 24.2 Å². The van der Waals surface area contributed by atoms with Crippen molar-refractivity contribution in [3.8, 4) is 5.75 Å². The largest absolute Gasteiger partial charge is 0.481 e. The van der Waals surface area contributed by atoms with Crippen LogP contribution in [0.5, 0.6) is 5.75 Å². The Bertz CT molecular complexity index is 461. The molecule has 0 aliphatic rings. The van der Waals surface area contributed by atoms with Gasteiger partial charge in [0.1, 0.15) is 11.6 Å². The monoisotopic (exact) mass is 266 g/mol. The van der Waals surface area contributed by atoms with Crippen LogP contribution in [0, 0.1) is 5.82 Å². The van der Waals surface area contributed by atoms with Crippen LogP contribution in [-0.4, -0.2) is 18.6 Å². The third kappa shape index (κ3) is 4.37. The van der Waals surface area contributed by atoms with Crippen molar-refractivity contribution in [3.05, 3.63) is 42.2 Å². The number of rotatable bonds is 6. The first-order valence-electron chi connectivity index (χ1n) is 6.06. The average Bonchev–Trinajstić information content (AvgIpc) is 2.35. The predicted octanol–water partition coefficient (Wildman–Crippen LogP) is 1.91. The van der Waals surface area contributed by atoms with Crippen LogP contribution in [0.15, 0.2) is 30.9 Å². The second-order valence-corrected chi connectivity index (χ2v) is 4.27. The van der Waals surface area contributed by atoms with Crippen LogP contribution in [0.4, 0.5) is 4.39 Å². The normalized spacial score (nSPS) is 13.5. The number of carbonyl (C=O) groups excluding carboxylic acids is 1. The van der Waals surface area contributed by atoms with Gasteiger partial charge in [-0.2, -0.15) is 0 Å². The Balaban J connectivity index is 2.69. The summed E-state index contributed by atoms with van der Waals surface area (Å²) < 4.78 is 19.0. The zero-order valence-corrected chi connectivity index (χ0v) is 11.2. The summed E-state index contributed by atoms with van der Waals surface area (Å²) >= 11 is 0. The number of hydrogen-bond acceptors (Lipinski definition) is 3. The number of halogens is 1. The molecule has 0 aliphatic carbocycles. The van der Waals surface area contributed by atoms with E-state index in [0.717, 1.165) is 0 Å². The molecule has 3 N–H and O–H groups in total. The van der Waals surface area contributed by atoms with Crippen molar-refractivity contribution in [2.45, 2.75) is 26.0 Å². The van der Waals surface area contributed by atoms with Crippen LogP contribution in [0.3, 0.4) is 0 Å². The van der Waals surface area contributed by atoms with Gasteiger partial charge in [-0.25, -0.2) is 4.39 Å². The average molecular weight is 266 g/mol. The van der Waals surface area contributed by atoms with Gasteiger partial charge < -0.3 is 15.8 Å². The van der Waals surface area contributed by atoms with E-state index in [1.807, 2.05) is 0 Å². The SMILES string of the molecule is C=CCNC(=O)C(C)Oc1ccc(C(C)N)c(F)c1. The molecule has 0 saturated carbocycles. The minimum absolute atomic E-state index is 0.281. The smallest absolute Gasteiger partial charge is 0.261 e. The third-order valence-corrected chi connectivity index (χ3v) is 2.57. The van der Waals surface area contributed by atoms with Gasteiger partial charge in [-0.05, 0) is 19.9 Å². The molecule has 0 bridgehead atoms. The molecule has 0 spiro atoms. The quantitative estimate of drug-likeness (QED) is 0.773. The Morgan fingerprint density at radius 1 is 1.58 bits per heavy atom. The molecule has 19 heavy (non-hydrogen) atoms. The maximum Gasteiger partial charge on any atom is 0.261 e. The molecule has 0 heterocycles. The molecule has 0 aromatic heterocycles. The maximum absolute atomic E-state index is 13.7. The topological polar surface area (TPSA) is 64.3 Å². The highest BCUT2D eigenvalue weighted by Crippen LogP contribution is 2.21. The molecule has 1 amide bonds. The molecule has 5 heteroatoms. The van der Waals surface area contributed by atoms with Gasteiger partial charge in [0.05, 0.1) is 0 Å². The summed E-state index contributed by atoms with van der Waals surface area (Å²) in [4.78, 5) is 11.6. The zero-order chi connectivity index (χ0) is 14.4. The third-order valence-electron chi connectivity index (χ3n) is 2.57. The summed E-state index contributed by atoms with van der Waals surface area (Å²) in [5, 5.41) is 2.60. The molecule has 2 atom stereocenters. The minimum atomic E-state index is -0.708. The molecule has 104 valence electrons. The highest BCUT2D eigenvalue weighted by molar-refractivity contribution is 5.80. The van der Waals surface area contributed by atoms with Crippen LogP contribution < -0.4 is 15.8 Å². The van der Waals surface area contributed by atoms with Crippen LogP contribution in [0.25, 0.3) is 0 Å². The molecule has 1 aromatic carbocycles. The van der Waals surface area contributed by atoms with E-state index in [-0.39, 0.29) is 11.9 Å². The second-order valence-electron chi connectivity index (χ2n) is 4.27. The van der Waals surface area contributed by atoms with Crippen molar-refractivity contribution in [3.63, 3.8) is 0 Å². The van der Waals surface area contributed by atoms with Crippen molar-refractivity contribution < 1.29 is 13.9 Å². The predicted molar refractivity (Wildman–Crippen MR) is 72.3 cm³/mol. The Kier molecular flexibility index (Phi) is 5.51. The Morgan fingerprint density at radius 2 is 2.26 bits per heavy atom. The van der Waals surface area contributed by atoms with Crippen LogP contribution in [0.1, 0.15) is 25.5 Å².